The molecule has 0 rings (SSSR count). The zero-order valence-electron chi connectivity index (χ0n) is 14.7. The van der Waals surface area contributed by atoms with Gasteiger partial charge in [0.25, 0.3) is 0 Å². The quantitative estimate of drug-likeness (QED) is 0.236. The second kappa shape index (κ2) is 22.6. The van der Waals surface area contributed by atoms with E-state index in [1.807, 2.05) is 0 Å². The molecule has 0 fully saturated rings. The molecule has 0 aliphatic heterocycles. The zero-order chi connectivity index (χ0) is 17.3. The van der Waals surface area contributed by atoms with E-state index >= 15 is 0 Å². The van der Waals surface area contributed by atoms with Crippen molar-refractivity contribution < 1.29 is 30.9 Å². The predicted octanol–water partition coefficient (Wildman–Crippen LogP) is 4.55. The molecule has 0 aliphatic carbocycles. The van der Waals surface area contributed by atoms with E-state index in [1.165, 1.54) is 51.4 Å². The number of unbranched alkanes of at least 4 members (excludes halogenated alkanes) is 2. The fourth-order valence-electron chi connectivity index (χ4n) is 1.39. The number of hydrogen-bond donors (Lipinski definition) is 0. The van der Waals surface area contributed by atoms with Gasteiger partial charge in [-0.2, -0.15) is 23.6 Å². The molecule has 2 unspecified atom stereocenters. The standard InChI is InChI=1S/2C8H17.Mo.H3O2PS2/c2*1-4-6-7-8(3)5-2;;1-3(2,4)5/h2*8H,3-7H2,1-2H3;;(H3,1,2,4,5)/q2*-1;+3;/p-3. The minimum Gasteiger partial charge on any atom is -0.850 e. The second-order valence-corrected chi connectivity index (χ2v) is 9.75. The Kier molecular flexibility index (Phi) is 32.3. The van der Waals surface area contributed by atoms with Gasteiger partial charge in [-0.25, -0.2) is 0 Å². The van der Waals surface area contributed by atoms with E-state index in [2.05, 4.69) is 65.6 Å². The maximum absolute atomic E-state index is 9.29. The van der Waals surface area contributed by atoms with Crippen LogP contribution in [-0.4, -0.2) is 0 Å². The molecule has 0 saturated carbocycles. The van der Waals surface area contributed by atoms with Gasteiger partial charge in [-0.05, 0) is 0 Å². The van der Waals surface area contributed by atoms with Crippen molar-refractivity contribution in [2.75, 3.05) is 0 Å². The van der Waals surface area contributed by atoms with Crippen LogP contribution in [0.2, 0.25) is 0 Å². The summed E-state index contributed by atoms with van der Waals surface area (Å²) in [7, 11) is 0. The molecule has 0 saturated heterocycles. The molecule has 135 valence electrons. The molecule has 0 aromatic rings. The summed E-state index contributed by atoms with van der Waals surface area (Å²) < 4.78 is 0. The Hall–Kier alpha value is 1.61. The first-order chi connectivity index (χ1) is 9.62. The molecule has 22 heavy (non-hydrogen) atoms. The summed E-state index contributed by atoms with van der Waals surface area (Å²) in [5.74, 6) is 1.41. The van der Waals surface area contributed by atoms with E-state index in [9.17, 15) is 9.79 Å². The van der Waals surface area contributed by atoms with Crippen molar-refractivity contribution in [3.8, 4) is 0 Å². The zero-order valence-corrected chi connectivity index (χ0v) is 19.2. The normalized spacial score (nSPS) is 12.8. The van der Waals surface area contributed by atoms with Gasteiger partial charge in [0.05, 0.1) is 0 Å². The molecule has 0 aromatic heterocycles. The van der Waals surface area contributed by atoms with Gasteiger partial charge in [-0.1, -0.05) is 79.1 Å². The maximum Gasteiger partial charge on any atom is 3.00 e. The molecule has 0 bridgehead atoms. The van der Waals surface area contributed by atoms with Crippen LogP contribution in [0.5, 0.6) is 0 Å². The van der Waals surface area contributed by atoms with E-state index in [0.29, 0.717) is 11.8 Å². The third-order valence-electron chi connectivity index (χ3n) is 3.09. The van der Waals surface area contributed by atoms with E-state index in [-0.39, 0.29) is 21.1 Å². The largest absolute Gasteiger partial charge is 3.00 e. The molecule has 2 atom stereocenters. The minimum absolute atomic E-state index is 0. The van der Waals surface area contributed by atoms with Crippen LogP contribution in [0.15, 0.2) is 0 Å². The van der Waals surface area contributed by atoms with Crippen LogP contribution in [-0.2, 0) is 45.1 Å². The van der Waals surface area contributed by atoms with Crippen LogP contribution in [0, 0.1) is 25.7 Å². The van der Waals surface area contributed by atoms with Crippen LogP contribution < -0.4 is 9.79 Å². The molecule has 2 nitrogen and oxygen atoms in total. The monoisotopic (exact) mass is 451 g/mol. The Labute approximate surface area is 164 Å². The molecular formula is C16H34MoO2PS2-2. The van der Waals surface area contributed by atoms with Crippen LogP contribution in [0.1, 0.15) is 79.1 Å². The van der Waals surface area contributed by atoms with Gasteiger partial charge in [-0.3, -0.25) is 0 Å². The Morgan fingerprint density at radius 2 is 1.14 bits per heavy atom. The summed E-state index contributed by atoms with van der Waals surface area (Å²) >= 11 is 7.28. The molecular weight excluding hydrogens is 415 g/mol. The Balaban J connectivity index is -0.000000111. The fourth-order valence-corrected chi connectivity index (χ4v) is 1.39. The van der Waals surface area contributed by atoms with Crippen molar-refractivity contribution in [3.05, 3.63) is 13.8 Å². The van der Waals surface area contributed by atoms with Crippen LogP contribution in [0.25, 0.3) is 0 Å². The average Bonchev–Trinajstić information content (AvgIpc) is 2.40. The molecule has 6 heteroatoms. The molecule has 0 amide bonds. The summed E-state index contributed by atoms with van der Waals surface area (Å²) in [5.41, 5.74) is -3.72. The predicted molar refractivity (Wildman–Crippen MR) is 99.0 cm³/mol. The van der Waals surface area contributed by atoms with E-state index in [4.69, 9.17) is 0 Å². The summed E-state index contributed by atoms with van der Waals surface area (Å²) in [6, 6.07) is 0. The van der Waals surface area contributed by atoms with Crippen molar-refractivity contribution in [2.45, 2.75) is 79.1 Å². The molecule has 0 spiro atoms. The summed E-state index contributed by atoms with van der Waals surface area (Å²) in [6.07, 6.45) is 10.4. The third kappa shape index (κ3) is 49.6. The number of rotatable bonds is 8. The molecule has 0 aromatic carbocycles. The Morgan fingerprint density at radius 1 is 0.909 bits per heavy atom. The first-order valence-corrected chi connectivity index (χ1v) is 11.7. The summed E-state index contributed by atoms with van der Waals surface area (Å²) in [5, 5.41) is 0. The summed E-state index contributed by atoms with van der Waals surface area (Å²) in [4.78, 5) is 18.6. The van der Waals surface area contributed by atoms with Crippen molar-refractivity contribution in [3.63, 3.8) is 0 Å². The van der Waals surface area contributed by atoms with Gasteiger partial charge in [0.1, 0.15) is 0 Å². The topological polar surface area (TPSA) is 46.1 Å². The number of hydrogen-bond acceptors (Lipinski definition) is 4. The van der Waals surface area contributed by atoms with Crippen molar-refractivity contribution in [2.24, 2.45) is 11.8 Å². The first-order valence-electron chi connectivity index (χ1n) is 8.01. The average molecular weight is 449 g/mol. The van der Waals surface area contributed by atoms with Gasteiger partial charge in [-0.15, -0.1) is 0 Å². The molecule has 0 heterocycles. The van der Waals surface area contributed by atoms with Crippen molar-refractivity contribution in [1.82, 2.24) is 0 Å². The SMILES string of the molecule is [CH2-]C(CC)CCCC.[CH2-]C(CC)CCCC.[Mo+3].[O-]P([O-])(=S)[S-]. The molecule has 1 radical (unpaired) electrons. The summed E-state index contributed by atoms with van der Waals surface area (Å²) in [6.45, 7) is 16.8. The van der Waals surface area contributed by atoms with E-state index in [0.717, 1.165) is 0 Å². The molecule has 0 N–H and O–H groups in total. The van der Waals surface area contributed by atoms with Gasteiger partial charge >= 0.3 is 21.1 Å². The van der Waals surface area contributed by atoms with Crippen molar-refractivity contribution in [1.29, 1.82) is 0 Å². The molecule has 0 aliphatic rings. The van der Waals surface area contributed by atoms with Crippen LogP contribution in [0.4, 0.5) is 0 Å². The maximum atomic E-state index is 9.29. The minimum atomic E-state index is -3.72. The van der Waals surface area contributed by atoms with Gasteiger partial charge in [0.15, 0.2) is 0 Å². The van der Waals surface area contributed by atoms with Crippen LogP contribution >= 0.6 is 5.69 Å². The van der Waals surface area contributed by atoms with E-state index < -0.39 is 5.69 Å². The van der Waals surface area contributed by atoms with Crippen LogP contribution in [0.3, 0.4) is 0 Å². The smallest absolute Gasteiger partial charge is 0.850 e. The third-order valence-corrected chi connectivity index (χ3v) is 3.09. The van der Waals surface area contributed by atoms with Gasteiger partial charge in [0, 0.05) is 0 Å². The first kappa shape index (κ1) is 31.4. The van der Waals surface area contributed by atoms with Gasteiger partial charge < -0.3 is 41.6 Å². The fraction of sp³-hybridized carbons (Fsp3) is 0.875. The Bertz CT molecular complexity index is 216. The van der Waals surface area contributed by atoms with Gasteiger partial charge in [0.2, 0.25) is 0 Å². The van der Waals surface area contributed by atoms with Crippen molar-refractivity contribution >= 4 is 29.7 Å². The second-order valence-electron chi connectivity index (χ2n) is 5.28. The Morgan fingerprint density at radius 3 is 1.27 bits per heavy atom. The van der Waals surface area contributed by atoms with E-state index in [1.54, 1.807) is 0 Å².